The largest absolute Gasteiger partial charge is 0.349 e. The van der Waals surface area contributed by atoms with E-state index in [-0.39, 0.29) is 11.9 Å². The highest BCUT2D eigenvalue weighted by Crippen LogP contribution is 2.20. The lowest BCUT2D eigenvalue weighted by Crippen LogP contribution is -2.32. The van der Waals surface area contributed by atoms with Crippen LogP contribution in [0.25, 0.3) is 0 Å². The Hall–Kier alpha value is -1.56. The average molecular weight is 296 g/mol. The average Bonchev–Trinajstić information content (AvgIpc) is 2.83. The zero-order chi connectivity index (χ0) is 14.8. The molecule has 0 aromatic heterocycles. The predicted molar refractivity (Wildman–Crippen MR) is 79.4 cm³/mol. The molecule has 1 fully saturated rings. The van der Waals surface area contributed by atoms with Gasteiger partial charge in [0, 0.05) is 11.6 Å². The molecule has 0 atom stereocenters. The first-order chi connectivity index (χ1) is 9.35. The number of hydrogen-bond acceptors (Lipinski definition) is 3. The molecule has 0 heterocycles. The number of anilines is 1. The van der Waals surface area contributed by atoms with Gasteiger partial charge in [0.1, 0.15) is 0 Å². The number of rotatable bonds is 4. The van der Waals surface area contributed by atoms with Crippen molar-refractivity contribution in [3.8, 4) is 0 Å². The smallest absolute Gasteiger partial charge is 0.251 e. The van der Waals surface area contributed by atoms with E-state index >= 15 is 0 Å². The maximum absolute atomic E-state index is 12.1. The van der Waals surface area contributed by atoms with Crippen LogP contribution in [-0.4, -0.2) is 26.6 Å². The second-order valence-corrected chi connectivity index (χ2v) is 7.11. The van der Waals surface area contributed by atoms with Crippen LogP contribution in [0.5, 0.6) is 0 Å². The molecular weight excluding hydrogens is 276 g/mol. The summed E-state index contributed by atoms with van der Waals surface area (Å²) in [4.78, 5) is 12.1. The Labute approximate surface area is 119 Å². The molecule has 0 radical (unpaired) electrons. The molecule has 1 aromatic rings. The fraction of sp³-hybridized carbons (Fsp3) is 0.500. The van der Waals surface area contributed by atoms with Gasteiger partial charge in [0.05, 0.1) is 11.9 Å². The van der Waals surface area contributed by atoms with Crippen molar-refractivity contribution in [2.45, 2.75) is 38.6 Å². The van der Waals surface area contributed by atoms with Gasteiger partial charge >= 0.3 is 0 Å². The monoisotopic (exact) mass is 296 g/mol. The maximum atomic E-state index is 12.1. The van der Waals surface area contributed by atoms with Gasteiger partial charge in [0.15, 0.2) is 0 Å². The number of carbonyl (C=O) groups is 1. The molecule has 0 unspecified atom stereocenters. The molecule has 0 aliphatic heterocycles. The molecule has 1 saturated carbocycles. The van der Waals surface area contributed by atoms with E-state index in [2.05, 4.69) is 10.0 Å². The third kappa shape index (κ3) is 3.96. The molecular formula is C14H20N2O3S. The zero-order valence-corrected chi connectivity index (χ0v) is 12.6. The van der Waals surface area contributed by atoms with Crippen LogP contribution in [-0.2, 0) is 10.0 Å². The van der Waals surface area contributed by atoms with Crippen LogP contribution in [0, 0.1) is 6.92 Å². The number of aryl methyl sites for hydroxylation is 1. The van der Waals surface area contributed by atoms with Crippen molar-refractivity contribution >= 4 is 21.6 Å². The van der Waals surface area contributed by atoms with Gasteiger partial charge in [-0.3, -0.25) is 9.52 Å². The van der Waals surface area contributed by atoms with Gasteiger partial charge in [0.25, 0.3) is 5.91 Å². The summed E-state index contributed by atoms with van der Waals surface area (Å²) in [6, 6.07) is 5.25. The summed E-state index contributed by atoms with van der Waals surface area (Å²) in [5.74, 6) is -0.0918. The Morgan fingerprint density at radius 1 is 1.25 bits per heavy atom. The number of sulfonamides is 1. The fourth-order valence-electron chi connectivity index (χ4n) is 2.46. The van der Waals surface area contributed by atoms with E-state index in [0.717, 1.165) is 24.7 Å². The molecule has 6 heteroatoms. The number of nitrogens with one attached hydrogen (secondary N) is 2. The van der Waals surface area contributed by atoms with Crippen LogP contribution >= 0.6 is 0 Å². The molecule has 1 aromatic carbocycles. The molecule has 1 amide bonds. The fourth-order valence-corrected chi connectivity index (χ4v) is 3.09. The zero-order valence-electron chi connectivity index (χ0n) is 11.8. The standard InChI is InChI=1S/C14H20N2O3S/c1-10-9-11(7-8-13(10)16-20(2,18)19)14(17)15-12-5-3-4-6-12/h7-9,12,16H,3-6H2,1-2H3,(H,15,17). The molecule has 0 saturated heterocycles. The summed E-state index contributed by atoms with van der Waals surface area (Å²) >= 11 is 0. The van der Waals surface area contributed by atoms with Crippen LogP contribution in [0.4, 0.5) is 5.69 Å². The van der Waals surface area contributed by atoms with Crippen LogP contribution in [0.3, 0.4) is 0 Å². The second-order valence-electron chi connectivity index (χ2n) is 5.36. The van der Waals surface area contributed by atoms with Crippen LogP contribution in [0.2, 0.25) is 0 Å². The summed E-state index contributed by atoms with van der Waals surface area (Å²) < 4.78 is 24.9. The van der Waals surface area contributed by atoms with Crippen molar-refractivity contribution in [2.24, 2.45) is 0 Å². The van der Waals surface area contributed by atoms with E-state index in [0.29, 0.717) is 11.3 Å². The molecule has 1 aliphatic carbocycles. The Balaban J connectivity index is 2.09. The van der Waals surface area contributed by atoms with E-state index in [1.807, 2.05) is 0 Å². The van der Waals surface area contributed by atoms with Crippen LogP contribution < -0.4 is 10.0 Å². The number of hydrogen-bond donors (Lipinski definition) is 2. The summed E-state index contributed by atoms with van der Waals surface area (Å²) in [5.41, 5.74) is 1.80. The summed E-state index contributed by atoms with van der Waals surface area (Å²) in [7, 11) is -3.30. The van der Waals surface area contributed by atoms with Gasteiger partial charge in [-0.1, -0.05) is 12.8 Å². The minimum Gasteiger partial charge on any atom is -0.349 e. The minimum atomic E-state index is -3.30. The molecule has 20 heavy (non-hydrogen) atoms. The van der Waals surface area contributed by atoms with Gasteiger partial charge < -0.3 is 5.32 Å². The van der Waals surface area contributed by atoms with E-state index in [4.69, 9.17) is 0 Å². The summed E-state index contributed by atoms with van der Waals surface area (Å²) in [6.45, 7) is 1.78. The normalized spacial score (nSPS) is 16.1. The van der Waals surface area contributed by atoms with Gasteiger partial charge in [-0.2, -0.15) is 0 Å². The van der Waals surface area contributed by atoms with E-state index in [9.17, 15) is 13.2 Å². The Bertz CT molecular complexity index is 605. The quantitative estimate of drug-likeness (QED) is 0.892. The highest BCUT2D eigenvalue weighted by molar-refractivity contribution is 7.92. The first-order valence-electron chi connectivity index (χ1n) is 6.74. The van der Waals surface area contributed by atoms with Crippen LogP contribution in [0.1, 0.15) is 41.6 Å². The number of benzene rings is 1. The van der Waals surface area contributed by atoms with Gasteiger partial charge in [-0.05, 0) is 43.5 Å². The van der Waals surface area contributed by atoms with Crippen molar-refractivity contribution in [2.75, 3.05) is 11.0 Å². The lowest BCUT2D eigenvalue weighted by Gasteiger charge is -2.13. The minimum absolute atomic E-state index is 0.0918. The summed E-state index contributed by atoms with van der Waals surface area (Å²) in [6.07, 6.45) is 5.52. The number of amides is 1. The van der Waals surface area contributed by atoms with E-state index in [1.54, 1.807) is 25.1 Å². The molecule has 110 valence electrons. The first kappa shape index (κ1) is 14.8. The van der Waals surface area contributed by atoms with E-state index < -0.39 is 10.0 Å². The molecule has 2 N–H and O–H groups in total. The number of carbonyl (C=O) groups excluding carboxylic acids is 1. The van der Waals surface area contributed by atoms with E-state index in [1.165, 1.54) is 12.8 Å². The van der Waals surface area contributed by atoms with Crippen molar-refractivity contribution in [3.05, 3.63) is 29.3 Å². The Morgan fingerprint density at radius 3 is 2.45 bits per heavy atom. The van der Waals surface area contributed by atoms with Gasteiger partial charge in [0.2, 0.25) is 10.0 Å². The van der Waals surface area contributed by atoms with Gasteiger partial charge in [-0.25, -0.2) is 8.42 Å². The summed E-state index contributed by atoms with van der Waals surface area (Å²) in [5, 5.41) is 3.01. The van der Waals surface area contributed by atoms with Crippen molar-refractivity contribution in [1.29, 1.82) is 0 Å². The maximum Gasteiger partial charge on any atom is 0.251 e. The lowest BCUT2D eigenvalue weighted by atomic mass is 10.1. The molecule has 2 rings (SSSR count). The predicted octanol–water partition coefficient (Wildman–Crippen LogP) is 2.04. The molecule has 0 spiro atoms. The molecule has 0 bridgehead atoms. The third-order valence-electron chi connectivity index (χ3n) is 3.47. The third-order valence-corrected chi connectivity index (χ3v) is 4.07. The molecule has 5 nitrogen and oxygen atoms in total. The van der Waals surface area contributed by atoms with Crippen molar-refractivity contribution in [3.63, 3.8) is 0 Å². The second kappa shape index (κ2) is 5.83. The Kier molecular flexibility index (Phi) is 4.32. The van der Waals surface area contributed by atoms with Crippen LogP contribution in [0.15, 0.2) is 18.2 Å². The SMILES string of the molecule is Cc1cc(C(=O)NC2CCCC2)ccc1NS(C)(=O)=O. The molecule has 1 aliphatic rings. The highest BCUT2D eigenvalue weighted by atomic mass is 32.2. The highest BCUT2D eigenvalue weighted by Gasteiger charge is 2.18. The van der Waals surface area contributed by atoms with Crippen molar-refractivity contribution in [1.82, 2.24) is 5.32 Å². The first-order valence-corrected chi connectivity index (χ1v) is 8.63. The van der Waals surface area contributed by atoms with Crippen molar-refractivity contribution < 1.29 is 13.2 Å². The lowest BCUT2D eigenvalue weighted by molar-refractivity contribution is 0.0938. The topological polar surface area (TPSA) is 75.3 Å². The Morgan fingerprint density at radius 2 is 1.90 bits per heavy atom. The van der Waals surface area contributed by atoms with Gasteiger partial charge in [-0.15, -0.1) is 0 Å².